The van der Waals surface area contributed by atoms with Gasteiger partial charge in [-0.1, -0.05) is 24.3 Å². The molecule has 20 heavy (non-hydrogen) atoms. The molecule has 0 saturated carbocycles. The first-order valence-electron chi connectivity index (χ1n) is 6.93. The van der Waals surface area contributed by atoms with E-state index >= 15 is 0 Å². The van der Waals surface area contributed by atoms with E-state index in [1.165, 1.54) is 23.3 Å². The smallest absolute Gasteiger partial charge is 0.125 e. The first kappa shape index (κ1) is 13.1. The van der Waals surface area contributed by atoms with Crippen LogP contribution in [0.2, 0.25) is 0 Å². The molecule has 0 bridgehead atoms. The molecule has 1 heterocycles. The van der Waals surface area contributed by atoms with Crippen molar-refractivity contribution in [3.63, 3.8) is 0 Å². The Hall–Kier alpha value is -1.87. The number of aryl methyl sites for hydroxylation is 1. The number of halogens is 1. The van der Waals surface area contributed by atoms with Gasteiger partial charge in [-0.3, -0.25) is 0 Å². The van der Waals surface area contributed by atoms with Gasteiger partial charge in [0.2, 0.25) is 0 Å². The summed E-state index contributed by atoms with van der Waals surface area (Å²) in [7, 11) is 0. The summed E-state index contributed by atoms with van der Waals surface area (Å²) in [6, 6.07) is 13.3. The van der Waals surface area contributed by atoms with Gasteiger partial charge in [0, 0.05) is 12.2 Å². The van der Waals surface area contributed by atoms with Gasteiger partial charge in [-0.05, 0) is 48.2 Å². The van der Waals surface area contributed by atoms with Gasteiger partial charge in [0.05, 0.1) is 12.7 Å². The predicted molar refractivity (Wildman–Crippen MR) is 78.5 cm³/mol. The summed E-state index contributed by atoms with van der Waals surface area (Å²) < 4.78 is 19.2. The first-order valence-corrected chi connectivity index (χ1v) is 6.93. The van der Waals surface area contributed by atoms with E-state index in [1.807, 2.05) is 19.1 Å². The van der Waals surface area contributed by atoms with Crippen molar-refractivity contribution in [1.82, 2.24) is 0 Å². The maximum absolute atomic E-state index is 13.4. The van der Waals surface area contributed by atoms with Crippen molar-refractivity contribution in [2.75, 3.05) is 18.5 Å². The molecule has 2 aromatic carbocycles. The van der Waals surface area contributed by atoms with E-state index in [1.54, 1.807) is 0 Å². The van der Waals surface area contributed by atoms with Crippen LogP contribution >= 0.6 is 0 Å². The van der Waals surface area contributed by atoms with Crippen LogP contribution in [-0.4, -0.2) is 13.2 Å². The fourth-order valence-corrected chi connectivity index (χ4v) is 2.69. The Kier molecular flexibility index (Phi) is 3.70. The van der Waals surface area contributed by atoms with Crippen LogP contribution in [0.15, 0.2) is 42.5 Å². The Morgan fingerprint density at radius 1 is 1.25 bits per heavy atom. The van der Waals surface area contributed by atoms with E-state index in [-0.39, 0.29) is 11.9 Å². The van der Waals surface area contributed by atoms with Crippen LogP contribution < -0.4 is 5.32 Å². The van der Waals surface area contributed by atoms with Gasteiger partial charge >= 0.3 is 0 Å². The van der Waals surface area contributed by atoms with Crippen LogP contribution in [0.3, 0.4) is 0 Å². The molecular weight excluding hydrogens is 253 g/mol. The molecule has 1 aliphatic rings. The third-order valence-corrected chi connectivity index (χ3v) is 3.63. The van der Waals surface area contributed by atoms with Gasteiger partial charge in [0.1, 0.15) is 5.82 Å². The lowest BCUT2D eigenvalue weighted by Gasteiger charge is -2.26. The van der Waals surface area contributed by atoms with Gasteiger partial charge in [0.25, 0.3) is 0 Å². The average Bonchev–Trinajstić information content (AvgIpc) is 2.44. The van der Waals surface area contributed by atoms with E-state index in [0.717, 1.165) is 24.3 Å². The molecule has 2 aromatic rings. The Morgan fingerprint density at radius 2 is 2.10 bits per heavy atom. The third kappa shape index (κ3) is 2.83. The van der Waals surface area contributed by atoms with E-state index in [0.29, 0.717) is 6.54 Å². The number of hydrogen-bond donors (Lipinski definition) is 1. The second kappa shape index (κ2) is 5.63. The number of anilines is 1. The zero-order valence-electron chi connectivity index (χ0n) is 11.5. The number of nitrogens with one attached hydrogen (secondary N) is 1. The minimum Gasteiger partial charge on any atom is -0.382 e. The molecule has 1 N–H and O–H groups in total. The molecule has 3 rings (SSSR count). The fraction of sp³-hybridized carbons (Fsp3) is 0.294. The van der Waals surface area contributed by atoms with Gasteiger partial charge in [-0.2, -0.15) is 0 Å². The van der Waals surface area contributed by atoms with Crippen molar-refractivity contribution in [3.05, 3.63) is 65.0 Å². The molecule has 0 spiro atoms. The Morgan fingerprint density at radius 3 is 2.95 bits per heavy atom. The van der Waals surface area contributed by atoms with Crippen molar-refractivity contribution in [2.24, 2.45) is 0 Å². The lowest BCUT2D eigenvalue weighted by molar-refractivity contribution is 0.0513. The van der Waals surface area contributed by atoms with Crippen molar-refractivity contribution < 1.29 is 9.13 Å². The lowest BCUT2D eigenvalue weighted by atomic mass is 9.97. The van der Waals surface area contributed by atoms with Crippen LogP contribution in [-0.2, 0) is 11.2 Å². The number of benzene rings is 2. The molecule has 1 atom stereocenters. The summed E-state index contributed by atoms with van der Waals surface area (Å²) in [6.07, 6.45) is 0.995. The lowest BCUT2D eigenvalue weighted by Crippen LogP contribution is -2.22. The number of fused-ring (bicyclic) bond motifs is 1. The van der Waals surface area contributed by atoms with Crippen LogP contribution in [0.25, 0.3) is 0 Å². The van der Waals surface area contributed by atoms with Crippen molar-refractivity contribution in [3.8, 4) is 0 Å². The number of ether oxygens (including phenoxy) is 1. The number of hydrogen-bond acceptors (Lipinski definition) is 2. The van der Waals surface area contributed by atoms with E-state index in [4.69, 9.17) is 4.74 Å². The summed E-state index contributed by atoms with van der Waals surface area (Å²) in [5.74, 6) is -0.211. The molecule has 0 aromatic heterocycles. The molecule has 0 amide bonds. The standard InChI is InChI=1S/C17H18FNO/c1-12-8-14(18)10-15(9-12)19-11-17-16-5-3-2-4-13(16)6-7-20-17/h2-5,8-10,17,19H,6-7,11H2,1H3. The van der Waals surface area contributed by atoms with Crippen molar-refractivity contribution in [2.45, 2.75) is 19.4 Å². The van der Waals surface area contributed by atoms with E-state index in [9.17, 15) is 4.39 Å². The third-order valence-electron chi connectivity index (χ3n) is 3.63. The van der Waals surface area contributed by atoms with Gasteiger partial charge in [0.15, 0.2) is 0 Å². The monoisotopic (exact) mass is 271 g/mol. The minimum atomic E-state index is -0.211. The molecule has 104 valence electrons. The van der Waals surface area contributed by atoms with Crippen LogP contribution in [0.4, 0.5) is 10.1 Å². The van der Waals surface area contributed by atoms with Gasteiger partial charge < -0.3 is 10.1 Å². The Balaban J connectivity index is 1.73. The summed E-state index contributed by atoms with van der Waals surface area (Å²) in [5, 5.41) is 3.27. The highest BCUT2D eigenvalue weighted by atomic mass is 19.1. The normalized spacial score (nSPS) is 17.6. The Labute approximate surface area is 118 Å². The zero-order chi connectivity index (χ0) is 13.9. The summed E-state index contributed by atoms with van der Waals surface area (Å²) in [6.45, 7) is 3.28. The maximum atomic E-state index is 13.4. The van der Waals surface area contributed by atoms with Crippen LogP contribution in [0, 0.1) is 12.7 Å². The fourth-order valence-electron chi connectivity index (χ4n) is 2.69. The molecule has 0 saturated heterocycles. The van der Waals surface area contributed by atoms with Gasteiger partial charge in [-0.25, -0.2) is 4.39 Å². The second-order valence-electron chi connectivity index (χ2n) is 5.21. The topological polar surface area (TPSA) is 21.3 Å². The molecule has 1 aliphatic heterocycles. The van der Waals surface area contributed by atoms with E-state index < -0.39 is 0 Å². The zero-order valence-corrected chi connectivity index (χ0v) is 11.5. The number of rotatable bonds is 3. The van der Waals surface area contributed by atoms with Crippen LogP contribution in [0.1, 0.15) is 22.8 Å². The largest absolute Gasteiger partial charge is 0.382 e. The summed E-state index contributed by atoms with van der Waals surface area (Å²) in [5.41, 5.74) is 4.30. The van der Waals surface area contributed by atoms with Crippen molar-refractivity contribution >= 4 is 5.69 Å². The molecular formula is C17H18FNO. The average molecular weight is 271 g/mol. The molecule has 1 unspecified atom stereocenters. The predicted octanol–water partition coefficient (Wildman–Crippen LogP) is 3.86. The minimum absolute atomic E-state index is 0.0310. The summed E-state index contributed by atoms with van der Waals surface area (Å²) in [4.78, 5) is 0. The van der Waals surface area contributed by atoms with Crippen molar-refractivity contribution in [1.29, 1.82) is 0 Å². The quantitative estimate of drug-likeness (QED) is 0.915. The maximum Gasteiger partial charge on any atom is 0.125 e. The molecule has 0 radical (unpaired) electrons. The highest BCUT2D eigenvalue weighted by molar-refractivity contribution is 5.46. The second-order valence-corrected chi connectivity index (χ2v) is 5.21. The van der Waals surface area contributed by atoms with E-state index in [2.05, 4.69) is 23.5 Å². The SMILES string of the molecule is Cc1cc(F)cc(NCC2OCCc3ccccc32)c1. The molecule has 0 aliphatic carbocycles. The Bertz CT molecular complexity index is 591. The summed E-state index contributed by atoms with van der Waals surface area (Å²) >= 11 is 0. The molecule has 2 nitrogen and oxygen atoms in total. The first-order chi connectivity index (χ1) is 9.72. The highest BCUT2D eigenvalue weighted by Crippen LogP contribution is 2.27. The highest BCUT2D eigenvalue weighted by Gasteiger charge is 2.19. The molecule has 3 heteroatoms. The van der Waals surface area contributed by atoms with Gasteiger partial charge in [-0.15, -0.1) is 0 Å². The van der Waals surface area contributed by atoms with Crippen LogP contribution in [0.5, 0.6) is 0 Å². The molecule has 0 fully saturated rings.